The minimum absolute atomic E-state index is 0.00545. The van der Waals surface area contributed by atoms with Crippen LogP contribution in [0.15, 0.2) is 48.6 Å². The van der Waals surface area contributed by atoms with Crippen LogP contribution in [-0.4, -0.2) is 68.5 Å². The highest BCUT2D eigenvalue weighted by Gasteiger charge is 2.23. The maximum absolute atomic E-state index is 12.9. The zero-order valence-corrected chi connectivity index (χ0v) is 48.6. The van der Waals surface area contributed by atoms with E-state index in [0.717, 1.165) is 44.9 Å². The summed E-state index contributed by atoms with van der Waals surface area (Å²) < 4.78 is 23.3. The van der Waals surface area contributed by atoms with Crippen LogP contribution >= 0.6 is 7.82 Å². The molecule has 3 unspecified atom stereocenters. The minimum Gasteiger partial charge on any atom is -0.756 e. The number of phosphoric ester groups is 1. The first kappa shape index (κ1) is 69.5. The fourth-order valence-electron chi connectivity index (χ4n) is 8.97. The summed E-state index contributed by atoms with van der Waals surface area (Å²) >= 11 is 0. The third-order valence-corrected chi connectivity index (χ3v) is 14.7. The molecule has 0 bridgehead atoms. The Morgan fingerprint density at radius 1 is 0.493 bits per heavy atom. The molecule has 0 aliphatic carbocycles. The lowest BCUT2D eigenvalue weighted by atomic mass is 10.0. The molecule has 0 aromatic heterocycles. The van der Waals surface area contributed by atoms with Crippen molar-refractivity contribution in [2.75, 3.05) is 40.9 Å². The number of quaternary nitrogens is 1. The molecule has 0 aromatic rings. The molecule has 3 atom stereocenters. The average Bonchev–Trinajstić information content (AvgIpc) is 3.33. The van der Waals surface area contributed by atoms with E-state index in [1.807, 2.05) is 27.2 Å². The predicted octanol–water partition coefficient (Wildman–Crippen LogP) is 18.1. The molecule has 9 heteroatoms. The van der Waals surface area contributed by atoms with Crippen molar-refractivity contribution in [3.8, 4) is 0 Å². The second kappa shape index (κ2) is 53.3. The molecule has 0 saturated carbocycles. The lowest BCUT2D eigenvalue weighted by Gasteiger charge is -2.29. The number of aliphatic hydroxyl groups is 1. The summed E-state index contributed by atoms with van der Waals surface area (Å²) in [5.74, 6) is -0.204. The number of nitrogens with zero attached hydrogens (tertiary/aromatic N) is 1. The molecule has 0 spiro atoms. The molecule has 0 radical (unpaired) electrons. The molecular formula is C62H119N2O6P. The Bertz CT molecular complexity index is 1290. The second-order valence-electron chi connectivity index (χ2n) is 22.0. The number of amides is 1. The van der Waals surface area contributed by atoms with Gasteiger partial charge in [0.05, 0.1) is 39.9 Å². The highest BCUT2D eigenvalue weighted by molar-refractivity contribution is 7.45. The van der Waals surface area contributed by atoms with Crippen molar-refractivity contribution < 1.29 is 32.9 Å². The van der Waals surface area contributed by atoms with E-state index >= 15 is 0 Å². The van der Waals surface area contributed by atoms with Gasteiger partial charge in [0, 0.05) is 6.42 Å². The monoisotopic (exact) mass is 1020 g/mol. The lowest BCUT2D eigenvalue weighted by Crippen LogP contribution is -2.45. The Kier molecular flexibility index (Phi) is 52.1. The number of hydrogen-bond donors (Lipinski definition) is 2. The van der Waals surface area contributed by atoms with Gasteiger partial charge in [0.25, 0.3) is 7.82 Å². The predicted molar refractivity (Wildman–Crippen MR) is 307 cm³/mol. The fraction of sp³-hybridized carbons (Fsp3) is 0.855. The third-order valence-electron chi connectivity index (χ3n) is 13.8. The van der Waals surface area contributed by atoms with Crippen molar-refractivity contribution in [1.29, 1.82) is 0 Å². The van der Waals surface area contributed by atoms with Gasteiger partial charge in [0.2, 0.25) is 5.91 Å². The summed E-state index contributed by atoms with van der Waals surface area (Å²) in [6.07, 6.45) is 70.9. The van der Waals surface area contributed by atoms with Gasteiger partial charge in [-0.25, -0.2) is 0 Å². The average molecular weight is 1020 g/mol. The van der Waals surface area contributed by atoms with E-state index in [1.54, 1.807) is 6.08 Å². The van der Waals surface area contributed by atoms with Crippen molar-refractivity contribution in [2.45, 2.75) is 302 Å². The largest absolute Gasteiger partial charge is 0.756 e. The van der Waals surface area contributed by atoms with Crippen molar-refractivity contribution in [2.24, 2.45) is 0 Å². The number of hydrogen-bond acceptors (Lipinski definition) is 6. The lowest BCUT2D eigenvalue weighted by molar-refractivity contribution is -0.870. The van der Waals surface area contributed by atoms with Gasteiger partial charge >= 0.3 is 0 Å². The number of phosphoric acid groups is 1. The quantitative estimate of drug-likeness (QED) is 0.0272. The molecule has 0 fully saturated rings. The zero-order valence-electron chi connectivity index (χ0n) is 47.7. The van der Waals surface area contributed by atoms with E-state index < -0.39 is 26.6 Å². The summed E-state index contributed by atoms with van der Waals surface area (Å²) in [5, 5.41) is 13.8. The minimum atomic E-state index is -4.60. The fourth-order valence-corrected chi connectivity index (χ4v) is 9.69. The smallest absolute Gasteiger partial charge is 0.268 e. The van der Waals surface area contributed by atoms with Crippen molar-refractivity contribution in [3.63, 3.8) is 0 Å². The second-order valence-corrected chi connectivity index (χ2v) is 23.5. The van der Waals surface area contributed by atoms with Crippen LogP contribution in [0.1, 0.15) is 290 Å². The van der Waals surface area contributed by atoms with Crippen molar-refractivity contribution in [1.82, 2.24) is 5.32 Å². The Labute approximate surface area is 441 Å². The first-order valence-electron chi connectivity index (χ1n) is 30.5. The van der Waals surface area contributed by atoms with Crippen molar-refractivity contribution in [3.05, 3.63) is 48.6 Å². The number of unbranched alkanes of at least 4 members (excludes halogenated alkanes) is 37. The maximum Gasteiger partial charge on any atom is 0.268 e. The highest BCUT2D eigenvalue weighted by Crippen LogP contribution is 2.38. The Morgan fingerprint density at radius 2 is 0.831 bits per heavy atom. The van der Waals surface area contributed by atoms with E-state index in [-0.39, 0.29) is 12.5 Å². The van der Waals surface area contributed by atoms with Crippen LogP contribution in [-0.2, 0) is 18.4 Å². The zero-order chi connectivity index (χ0) is 52.0. The molecule has 0 saturated heterocycles. The van der Waals surface area contributed by atoms with Gasteiger partial charge in [-0.3, -0.25) is 9.36 Å². The first-order chi connectivity index (χ1) is 34.5. The van der Waals surface area contributed by atoms with Gasteiger partial charge < -0.3 is 28.8 Å². The number of carbonyl (C=O) groups excluding carboxylic acids is 1. The number of likely N-dealkylation sites (N-methyl/N-ethyl adjacent to an activating group) is 1. The summed E-state index contributed by atoms with van der Waals surface area (Å²) in [4.78, 5) is 25.4. The molecule has 1 amide bonds. The summed E-state index contributed by atoms with van der Waals surface area (Å²) in [7, 11) is 1.25. The number of carbonyl (C=O) groups is 1. The van der Waals surface area contributed by atoms with Crippen LogP contribution in [0.25, 0.3) is 0 Å². The van der Waals surface area contributed by atoms with Gasteiger partial charge in [0.15, 0.2) is 0 Å². The highest BCUT2D eigenvalue weighted by atomic mass is 31.2. The van der Waals surface area contributed by atoms with Gasteiger partial charge in [-0.05, 0) is 64.2 Å². The molecule has 0 aliphatic rings. The first-order valence-corrected chi connectivity index (χ1v) is 32.0. The number of nitrogens with one attached hydrogen (secondary N) is 1. The maximum atomic E-state index is 12.9. The molecule has 71 heavy (non-hydrogen) atoms. The van der Waals surface area contributed by atoms with E-state index in [0.29, 0.717) is 17.4 Å². The molecule has 2 N–H and O–H groups in total. The van der Waals surface area contributed by atoms with E-state index in [4.69, 9.17) is 9.05 Å². The molecule has 0 aromatic carbocycles. The molecule has 418 valence electrons. The van der Waals surface area contributed by atoms with Gasteiger partial charge in [0.1, 0.15) is 13.2 Å². The molecule has 8 nitrogen and oxygen atoms in total. The van der Waals surface area contributed by atoms with Gasteiger partial charge in [-0.15, -0.1) is 0 Å². The Morgan fingerprint density at radius 3 is 1.23 bits per heavy atom. The van der Waals surface area contributed by atoms with Crippen LogP contribution in [0, 0.1) is 0 Å². The van der Waals surface area contributed by atoms with Gasteiger partial charge in [-0.2, -0.15) is 0 Å². The van der Waals surface area contributed by atoms with Crippen LogP contribution in [0.2, 0.25) is 0 Å². The topological polar surface area (TPSA) is 108 Å². The standard InChI is InChI=1S/C62H119N2O6P/c1-6-8-10-12-14-16-18-20-21-22-23-24-25-26-27-28-29-30-31-32-33-34-35-36-37-38-39-40-41-42-43-44-46-48-50-52-54-56-62(66)63-60(59-70-71(67,68)69-58-57-64(3,4)5)61(65)55-53-51-49-47-45-19-17-15-13-11-9-7-2/h18,20,22-23,45,47,53,55,60-61,65H,6-17,19,21,24-44,46,48-52,54,56-59H2,1-5H3,(H-,63,66,67,68)/b20-18-,23-22-,47-45+,55-53+. The molecule has 0 heterocycles. The van der Waals surface area contributed by atoms with Crippen LogP contribution in [0.5, 0.6) is 0 Å². The summed E-state index contributed by atoms with van der Waals surface area (Å²) in [5.41, 5.74) is 0. The SMILES string of the molecule is CCCCCCC/C=C\C/C=C\CCCCCCCCCCCCCCCCCCCCCCCCCCCC(=O)NC(COP(=O)([O-])OCC[N+](C)(C)C)C(O)/C=C/CC/C=C/CCCCCCCC. The van der Waals surface area contributed by atoms with Crippen molar-refractivity contribution >= 4 is 13.7 Å². The third kappa shape index (κ3) is 56.0. The van der Waals surface area contributed by atoms with Crippen LogP contribution in [0.4, 0.5) is 0 Å². The Hall–Kier alpha value is -1.54. The van der Waals surface area contributed by atoms with E-state index in [2.05, 4.69) is 55.6 Å². The molecular weight excluding hydrogens is 900 g/mol. The van der Waals surface area contributed by atoms with Gasteiger partial charge in [-0.1, -0.05) is 268 Å². The molecule has 0 aliphatic heterocycles. The number of aliphatic hydroxyl groups excluding tert-OH is 1. The normalized spacial score (nSPS) is 14.2. The number of rotatable bonds is 56. The summed E-state index contributed by atoms with van der Waals surface area (Å²) in [6, 6.07) is -0.901. The van der Waals surface area contributed by atoms with Crippen LogP contribution < -0.4 is 10.2 Å². The number of allylic oxidation sites excluding steroid dienone is 7. The van der Waals surface area contributed by atoms with E-state index in [1.165, 1.54) is 225 Å². The van der Waals surface area contributed by atoms with E-state index in [9.17, 15) is 19.4 Å². The summed E-state index contributed by atoms with van der Waals surface area (Å²) in [6.45, 7) is 4.62. The molecule has 0 rings (SSSR count). The van der Waals surface area contributed by atoms with Crippen LogP contribution in [0.3, 0.4) is 0 Å². The Balaban J connectivity index is 3.90.